The van der Waals surface area contributed by atoms with E-state index in [1.807, 2.05) is 32.0 Å². The predicted molar refractivity (Wildman–Crippen MR) is 91.5 cm³/mol. The van der Waals surface area contributed by atoms with Crippen molar-refractivity contribution in [3.05, 3.63) is 63.1 Å². The van der Waals surface area contributed by atoms with Crippen molar-refractivity contribution < 1.29 is 9.90 Å². The minimum atomic E-state index is -0.862. The third-order valence-corrected chi connectivity index (χ3v) is 3.99. The lowest BCUT2D eigenvalue weighted by atomic mass is 10.0. The van der Waals surface area contributed by atoms with Crippen LogP contribution in [0.15, 0.2) is 35.1 Å². The molecule has 0 aliphatic carbocycles. The highest BCUT2D eigenvalue weighted by Crippen LogP contribution is 2.16. The number of hydrogen-bond acceptors (Lipinski definition) is 4. The van der Waals surface area contributed by atoms with E-state index in [0.717, 1.165) is 11.3 Å². The smallest absolute Gasteiger partial charge is 0.269 e. The highest BCUT2D eigenvalue weighted by Gasteiger charge is 2.15. The van der Waals surface area contributed by atoms with Crippen LogP contribution < -0.4 is 10.9 Å². The summed E-state index contributed by atoms with van der Waals surface area (Å²) < 4.78 is 0. The molecule has 1 heterocycles. The second-order valence-electron chi connectivity index (χ2n) is 5.57. The molecule has 0 bridgehead atoms. The summed E-state index contributed by atoms with van der Waals surface area (Å²) in [4.78, 5) is 24.1. The van der Waals surface area contributed by atoms with Crippen LogP contribution in [0.1, 0.15) is 48.8 Å². The Balaban J connectivity index is 2.03. The maximum absolute atomic E-state index is 12.1. The van der Waals surface area contributed by atoms with Gasteiger partial charge in [0.1, 0.15) is 0 Å². The maximum Gasteiger partial charge on any atom is 0.269 e. The normalized spacial score (nSPS) is 12.0. The van der Waals surface area contributed by atoms with Crippen LogP contribution in [0.3, 0.4) is 0 Å². The first-order chi connectivity index (χ1) is 11.6. The lowest BCUT2D eigenvalue weighted by molar-refractivity contribution is -0.123. The maximum atomic E-state index is 12.1. The molecule has 0 aliphatic rings. The fourth-order valence-electron chi connectivity index (χ4n) is 2.69. The molecule has 1 atom stereocenters. The number of carbonyl (C=O) groups excluding carboxylic acids is 1. The molecule has 6 nitrogen and oxygen atoms in total. The van der Waals surface area contributed by atoms with E-state index in [1.54, 1.807) is 12.1 Å². The largest absolute Gasteiger partial charge is 0.388 e. The van der Waals surface area contributed by atoms with Gasteiger partial charge in [0.15, 0.2) is 0 Å². The predicted octanol–water partition coefficient (Wildman–Crippen LogP) is 1.63. The van der Waals surface area contributed by atoms with Gasteiger partial charge < -0.3 is 10.4 Å². The number of aliphatic hydroxyl groups is 1. The summed E-state index contributed by atoms with van der Waals surface area (Å²) in [6, 6.07) is 9.02. The van der Waals surface area contributed by atoms with Crippen LogP contribution in [0.25, 0.3) is 0 Å². The monoisotopic (exact) mass is 329 g/mol. The van der Waals surface area contributed by atoms with Crippen LogP contribution in [0, 0.1) is 0 Å². The van der Waals surface area contributed by atoms with Gasteiger partial charge >= 0.3 is 0 Å². The van der Waals surface area contributed by atoms with Gasteiger partial charge in [0.25, 0.3) is 5.56 Å². The Morgan fingerprint density at radius 1 is 1.21 bits per heavy atom. The van der Waals surface area contributed by atoms with E-state index in [0.29, 0.717) is 24.0 Å². The van der Waals surface area contributed by atoms with Crippen molar-refractivity contribution >= 4 is 5.91 Å². The van der Waals surface area contributed by atoms with E-state index in [2.05, 4.69) is 15.5 Å². The van der Waals surface area contributed by atoms with Crippen molar-refractivity contribution in [2.24, 2.45) is 0 Å². The third kappa shape index (κ3) is 4.29. The number of aromatic nitrogens is 2. The lowest BCUT2D eigenvalue weighted by Gasteiger charge is -2.13. The topological polar surface area (TPSA) is 95.1 Å². The average molecular weight is 329 g/mol. The molecule has 1 unspecified atom stereocenters. The summed E-state index contributed by atoms with van der Waals surface area (Å²) in [6.07, 6.45) is 0.486. The van der Waals surface area contributed by atoms with Gasteiger partial charge in [-0.3, -0.25) is 9.59 Å². The Bertz CT molecular complexity index is 741. The first-order valence-corrected chi connectivity index (χ1v) is 8.15. The van der Waals surface area contributed by atoms with E-state index in [9.17, 15) is 14.7 Å². The third-order valence-electron chi connectivity index (χ3n) is 3.99. The molecule has 0 spiro atoms. The summed E-state index contributed by atoms with van der Waals surface area (Å²) in [5.41, 5.74) is 2.66. The van der Waals surface area contributed by atoms with Gasteiger partial charge in [-0.05, 0) is 24.0 Å². The van der Waals surface area contributed by atoms with E-state index < -0.39 is 6.10 Å². The quantitative estimate of drug-likeness (QED) is 0.719. The van der Waals surface area contributed by atoms with E-state index in [4.69, 9.17) is 0 Å². The van der Waals surface area contributed by atoms with Crippen LogP contribution in [0.4, 0.5) is 0 Å². The number of carbonyl (C=O) groups is 1. The van der Waals surface area contributed by atoms with E-state index in [-0.39, 0.29) is 24.4 Å². The Kier molecular flexibility index (Phi) is 6.26. The molecule has 2 rings (SSSR count). The van der Waals surface area contributed by atoms with E-state index in [1.165, 1.54) is 0 Å². The number of rotatable bonds is 7. The Hall–Kier alpha value is -2.47. The highest BCUT2D eigenvalue weighted by atomic mass is 16.3. The zero-order valence-electron chi connectivity index (χ0n) is 14.0. The molecule has 2 aromatic rings. The molecule has 128 valence electrons. The van der Waals surface area contributed by atoms with Crippen LogP contribution in [0.2, 0.25) is 0 Å². The molecule has 1 aromatic heterocycles. The van der Waals surface area contributed by atoms with Gasteiger partial charge in [-0.1, -0.05) is 44.2 Å². The molecule has 3 N–H and O–H groups in total. The zero-order chi connectivity index (χ0) is 17.5. The molecule has 0 saturated carbocycles. The fraction of sp³-hybridized carbons (Fsp3) is 0.389. The van der Waals surface area contributed by atoms with Gasteiger partial charge in [0, 0.05) is 12.1 Å². The molecule has 1 aromatic carbocycles. The Morgan fingerprint density at radius 2 is 1.92 bits per heavy atom. The summed E-state index contributed by atoms with van der Waals surface area (Å²) in [6.45, 7) is 4.06. The first kappa shape index (κ1) is 17.9. The van der Waals surface area contributed by atoms with Crippen LogP contribution in [0.5, 0.6) is 0 Å². The van der Waals surface area contributed by atoms with Crippen LogP contribution in [-0.2, 0) is 24.2 Å². The van der Waals surface area contributed by atoms with Crippen molar-refractivity contribution in [3.63, 3.8) is 0 Å². The van der Waals surface area contributed by atoms with Crippen molar-refractivity contribution in [2.45, 2.75) is 45.8 Å². The number of amides is 1. The molecule has 1 amide bonds. The molecule has 0 fully saturated rings. The molecule has 0 radical (unpaired) electrons. The van der Waals surface area contributed by atoms with Gasteiger partial charge in [-0.2, -0.15) is 5.10 Å². The molecular formula is C18H23N3O3. The number of aromatic amines is 1. The average Bonchev–Trinajstić information content (AvgIpc) is 2.61. The number of aliphatic hydroxyl groups excluding tert-OH is 1. The Morgan fingerprint density at radius 3 is 2.54 bits per heavy atom. The first-order valence-electron chi connectivity index (χ1n) is 8.15. The minimum absolute atomic E-state index is 0.0465. The van der Waals surface area contributed by atoms with Crippen LogP contribution >= 0.6 is 0 Å². The van der Waals surface area contributed by atoms with Gasteiger partial charge in [0.2, 0.25) is 5.91 Å². The van der Waals surface area contributed by atoms with E-state index >= 15 is 0 Å². The van der Waals surface area contributed by atoms with Crippen molar-refractivity contribution in [1.29, 1.82) is 0 Å². The van der Waals surface area contributed by atoms with Gasteiger partial charge in [-0.15, -0.1) is 0 Å². The lowest BCUT2D eigenvalue weighted by Crippen LogP contribution is -2.30. The summed E-state index contributed by atoms with van der Waals surface area (Å²) >= 11 is 0. The number of aryl methyl sites for hydroxylation is 1. The molecule has 6 heteroatoms. The van der Waals surface area contributed by atoms with Crippen molar-refractivity contribution in [1.82, 2.24) is 15.5 Å². The minimum Gasteiger partial charge on any atom is -0.388 e. The molecular weight excluding hydrogens is 306 g/mol. The molecule has 0 saturated heterocycles. The summed E-state index contributed by atoms with van der Waals surface area (Å²) in [5.74, 6) is -0.303. The fourth-order valence-corrected chi connectivity index (χ4v) is 2.69. The number of nitrogens with zero attached hydrogens (tertiary/aromatic N) is 1. The van der Waals surface area contributed by atoms with Gasteiger partial charge in [0.05, 0.1) is 18.2 Å². The Labute approximate surface area is 140 Å². The summed E-state index contributed by atoms with van der Waals surface area (Å²) in [5, 5.41) is 19.3. The highest BCUT2D eigenvalue weighted by molar-refractivity contribution is 5.76. The SMILES string of the molecule is CCc1n[nH]c(=O)c(CNC(=O)CC(O)c2ccccc2)c1CC. The molecule has 24 heavy (non-hydrogen) atoms. The van der Waals surface area contributed by atoms with Crippen molar-refractivity contribution in [3.8, 4) is 0 Å². The number of H-pyrrole nitrogens is 1. The van der Waals surface area contributed by atoms with Crippen LogP contribution in [-0.4, -0.2) is 21.2 Å². The second-order valence-corrected chi connectivity index (χ2v) is 5.57. The number of hydrogen-bond donors (Lipinski definition) is 3. The van der Waals surface area contributed by atoms with Crippen molar-refractivity contribution in [2.75, 3.05) is 0 Å². The number of benzene rings is 1. The zero-order valence-corrected chi connectivity index (χ0v) is 14.0. The molecule has 0 aliphatic heterocycles. The summed E-state index contributed by atoms with van der Waals surface area (Å²) in [7, 11) is 0. The number of nitrogens with one attached hydrogen (secondary N) is 2. The van der Waals surface area contributed by atoms with Gasteiger partial charge in [-0.25, -0.2) is 5.10 Å². The second kappa shape index (κ2) is 8.40. The standard InChI is InChI=1S/C18H23N3O3/c1-3-13-14(18(24)21-20-15(13)4-2)11-19-17(23)10-16(22)12-8-6-5-7-9-12/h5-9,16,22H,3-4,10-11H2,1-2H3,(H,19,23)(H,21,24).